The summed E-state index contributed by atoms with van der Waals surface area (Å²) >= 11 is 0. The Kier molecular flexibility index (Phi) is 10.4. The number of hydrogen-bond donors (Lipinski definition) is 0. The molecule has 1 unspecified atom stereocenters. The molecule has 0 radical (unpaired) electrons. The molecule has 94 valence electrons. The normalized spacial score (nSPS) is 12.4. The maximum absolute atomic E-state index is 11.7. The minimum absolute atomic E-state index is 0.155. The molecule has 0 bridgehead atoms. The van der Waals surface area contributed by atoms with Crippen molar-refractivity contribution in [3.05, 3.63) is 0 Å². The van der Waals surface area contributed by atoms with Gasteiger partial charge in [0.2, 0.25) is 0 Å². The van der Waals surface area contributed by atoms with E-state index < -0.39 is 0 Å². The lowest BCUT2D eigenvalue weighted by atomic mass is 9.95. The fraction of sp³-hybridized carbons (Fsp3) is 0.857. The summed E-state index contributed by atoms with van der Waals surface area (Å²) in [5.41, 5.74) is 0. The zero-order chi connectivity index (χ0) is 12.2. The van der Waals surface area contributed by atoms with Crippen LogP contribution in [0.25, 0.3) is 0 Å². The van der Waals surface area contributed by atoms with E-state index in [1.54, 1.807) is 0 Å². The zero-order valence-electron chi connectivity index (χ0n) is 10.8. The predicted molar refractivity (Wildman–Crippen MR) is 67.5 cm³/mol. The molecule has 0 amide bonds. The van der Waals surface area contributed by atoms with Crippen LogP contribution in [-0.4, -0.2) is 12.1 Å². The van der Waals surface area contributed by atoms with E-state index >= 15 is 0 Å². The summed E-state index contributed by atoms with van der Waals surface area (Å²) in [7, 11) is 0. The lowest BCUT2D eigenvalue weighted by molar-refractivity contribution is -0.127. The van der Waals surface area contributed by atoms with Crippen molar-refractivity contribution < 1.29 is 9.59 Å². The molecule has 0 heterocycles. The predicted octanol–water partition coefficient (Wildman–Crippen LogP) is 3.92. The second-order valence-electron chi connectivity index (χ2n) is 4.52. The average Bonchev–Trinajstić information content (AvgIpc) is 2.30. The van der Waals surface area contributed by atoms with Gasteiger partial charge in [0, 0.05) is 6.42 Å². The van der Waals surface area contributed by atoms with Crippen molar-refractivity contribution in [3.63, 3.8) is 0 Å². The highest BCUT2D eigenvalue weighted by atomic mass is 16.1. The molecule has 0 aliphatic rings. The Balaban J connectivity index is 3.69. The molecule has 0 aromatic heterocycles. The smallest absolute Gasteiger partial charge is 0.143 e. The Morgan fingerprint density at radius 2 is 1.62 bits per heavy atom. The second-order valence-corrected chi connectivity index (χ2v) is 4.52. The SMILES string of the molecule is CCCCCCC(=O)C(C=O)CCCCC. The summed E-state index contributed by atoms with van der Waals surface area (Å²) in [5, 5.41) is 0. The molecule has 0 aromatic carbocycles. The van der Waals surface area contributed by atoms with E-state index in [-0.39, 0.29) is 11.7 Å². The van der Waals surface area contributed by atoms with Gasteiger partial charge in [0.1, 0.15) is 12.1 Å². The first-order valence-corrected chi connectivity index (χ1v) is 6.74. The lowest BCUT2D eigenvalue weighted by Gasteiger charge is -2.08. The monoisotopic (exact) mass is 226 g/mol. The first-order valence-electron chi connectivity index (χ1n) is 6.74. The molecule has 1 atom stereocenters. The molecular weight excluding hydrogens is 200 g/mol. The molecule has 0 rings (SSSR count). The van der Waals surface area contributed by atoms with Crippen LogP contribution in [0.3, 0.4) is 0 Å². The number of hydrogen-bond acceptors (Lipinski definition) is 2. The van der Waals surface area contributed by atoms with Gasteiger partial charge in [-0.25, -0.2) is 0 Å². The van der Waals surface area contributed by atoms with Crippen LogP contribution in [0.1, 0.15) is 71.6 Å². The summed E-state index contributed by atoms with van der Waals surface area (Å²) in [6.07, 6.45) is 9.88. The van der Waals surface area contributed by atoms with Crippen LogP contribution >= 0.6 is 0 Å². The molecule has 0 aromatic rings. The van der Waals surface area contributed by atoms with Gasteiger partial charge in [0.25, 0.3) is 0 Å². The number of ketones is 1. The van der Waals surface area contributed by atoms with E-state index in [1.807, 2.05) is 0 Å². The van der Waals surface area contributed by atoms with Crippen molar-refractivity contribution >= 4 is 12.1 Å². The first-order chi connectivity index (χ1) is 7.76. The third kappa shape index (κ3) is 7.61. The van der Waals surface area contributed by atoms with Crippen LogP contribution in [-0.2, 0) is 9.59 Å². The molecule has 0 N–H and O–H groups in total. The van der Waals surface area contributed by atoms with Gasteiger partial charge in [-0.1, -0.05) is 52.4 Å². The number of aldehydes is 1. The zero-order valence-corrected chi connectivity index (χ0v) is 10.8. The van der Waals surface area contributed by atoms with Crippen LogP contribution in [0.2, 0.25) is 0 Å². The standard InChI is InChI=1S/C14H26O2/c1-3-5-7-9-11-14(16)13(12-15)10-8-6-4-2/h12-13H,3-11H2,1-2H3. The molecular formula is C14H26O2. The largest absolute Gasteiger partial charge is 0.303 e. The third-order valence-corrected chi connectivity index (χ3v) is 2.97. The molecule has 0 spiro atoms. The van der Waals surface area contributed by atoms with Crippen molar-refractivity contribution in [1.82, 2.24) is 0 Å². The fourth-order valence-corrected chi connectivity index (χ4v) is 1.83. The van der Waals surface area contributed by atoms with Crippen LogP contribution < -0.4 is 0 Å². The fourth-order valence-electron chi connectivity index (χ4n) is 1.83. The van der Waals surface area contributed by atoms with E-state index in [4.69, 9.17) is 0 Å². The summed E-state index contributed by atoms with van der Waals surface area (Å²) in [6.45, 7) is 4.28. The van der Waals surface area contributed by atoms with Gasteiger partial charge >= 0.3 is 0 Å². The second kappa shape index (κ2) is 10.8. The van der Waals surface area contributed by atoms with Gasteiger partial charge in [0.15, 0.2) is 0 Å². The van der Waals surface area contributed by atoms with Gasteiger partial charge in [-0.15, -0.1) is 0 Å². The number of rotatable bonds is 11. The van der Waals surface area contributed by atoms with Crippen molar-refractivity contribution in [2.24, 2.45) is 5.92 Å². The number of carbonyl (C=O) groups excluding carboxylic acids is 2. The van der Waals surface area contributed by atoms with Gasteiger partial charge in [0.05, 0.1) is 5.92 Å². The minimum atomic E-state index is -0.326. The molecule has 0 fully saturated rings. The summed E-state index contributed by atoms with van der Waals surface area (Å²) in [6, 6.07) is 0. The molecule has 16 heavy (non-hydrogen) atoms. The van der Waals surface area contributed by atoms with E-state index in [1.165, 1.54) is 12.8 Å². The van der Waals surface area contributed by atoms with Crippen molar-refractivity contribution in [3.8, 4) is 0 Å². The van der Waals surface area contributed by atoms with E-state index in [0.29, 0.717) is 6.42 Å². The minimum Gasteiger partial charge on any atom is -0.303 e. The molecule has 0 saturated carbocycles. The topological polar surface area (TPSA) is 34.1 Å². The highest BCUT2D eigenvalue weighted by molar-refractivity contribution is 5.93. The first kappa shape index (κ1) is 15.3. The van der Waals surface area contributed by atoms with Gasteiger partial charge in [-0.2, -0.15) is 0 Å². The molecule has 0 aliphatic heterocycles. The average molecular weight is 226 g/mol. The number of unbranched alkanes of at least 4 members (excludes halogenated alkanes) is 5. The van der Waals surface area contributed by atoms with Gasteiger partial charge < -0.3 is 4.79 Å². The highest BCUT2D eigenvalue weighted by Gasteiger charge is 2.16. The number of carbonyl (C=O) groups is 2. The van der Waals surface area contributed by atoms with Gasteiger partial charge in [-0.3, -0.25) is 4.79 Å². The summed E-state index contributed by atoms with van der Waals surface area (Å²) in [5.74, 6) is -0.171. The maximum Gasteiger partial charge on any atom is 0.143 e. The van der Waals surface area contributed by atoms with Crippen LogP contribution in [0, 0.1) is 5.92 Å². The molecule has 2 nitrogen and oxygen atoms in total. The van der Waals surface area contributed by atoms with Crippen molar-refractivity contribution in [2.75, 3.05) is 0 Å². The summed E-state index contributed by atoms with van der Waals surface area (Å²) in [4.78, 5) is 22.5. The molecule has 0 aliphatic carbocycles. The van der Waals surface area contributed by atoms with Crippen LogP contribution in [0.4, 0.5) is 0 Å². The Hall–Kier alpha value is -0.660. The van der Waals surface area contributed by atoms with E-state index in [2.05, 4.69) is 13.8 Å². The lowest BCUT2D eigenvalue weighted by Crippen LogP contribution is -2.15. The highest BCUT2D eigenvalue weighted by Crippen LogP contribution is 2.13. The number of Topliss-reactive ketones (excluding diaryl/α,β-unsaturated/α-hetero) is 1. The molecule has 0 saturated heterocycles. The van der Waals surface area contributed by atoms with Crippen LogP contribution in [0.5, 0.6) is 0 Å². The maximum atomic E-state index is 11.7. The van der Waals surface area contributed by atoms with E-state index in [9.17, 15) is 9.59 Å². The summed E-state index contributed by atoms with van der Waals surface area (Å²) < 4.78 is 0. The Morgan fingerprint density at radius 1 is 1.00 bits per heavy atom. The van der Waals surface area contributed by atoms with Gasteiger partial charge in [-0.05, 0) is 12.8 Å². The Labute approximate surface area is 99.8 Å². The van der Waals surface area contributed by atoms with Crippen LogP contribution in [0.15, 0.2) is 0 Å². The third-order valence-electron chi connectivity index (χ3n) is 2.97. The Bertz CT molecular complexity index is 187. The van der Waals surface area contributed by atoms with Crippen molar-refractivity contribution in [2.45, 2.75) is 71.6 Å². The Morgan fingerprint density at radius 3 is 2.19 bits per heavy atom. The van der Waals surface area contributed by atoms with E-state index in [0.717, 1.165) is 44.8 Å². The quantitative estimate of drug-likeness (QED) is 0.304. The molecule has 2 heteroatoms. The van der Waals surface area contributed by atoms with Crippen molar-refractivity contribution in [1.29, 1.82) is 0 Å².